The highest BCUT2D eigenvalue weighted by molar-refractivity contribution is 9.10. The molecule has 0 bridgehead atoms. The van der Waals surface area contributed by atoms with Crippen LogP contribution in [0.5, 0.6) is 0 Å². The van der Waals surface area contributed by atoms with E-state index in [-0.39, 0.29) is 0 Å². The molecule has 0 amide bonds. The van der Waals surface area contributed by atoms with Crippen LogP contribution < -0.4 is 4.90 Å². The van der Waals surface area contributed by atoms with E-state index in [9.17, 15) is 8.42 Å². The molecule has 2 aromatic carbocycles. The summed E-state index contributed by atoms with van der Waals surface area (Å²) in [5.41, 5.74) is 2.98. The zero-order valence-corrected chi connectivity index (χ0v) is 16.3. The zero-order valence-electron chi connectivity index (χ0n) is 13.9. The lowest BCUT2D eigenvalue weighted by molar-refractivity contribution is 0.384. The third kappa shape index (κ3) is 3.36. The Morgan fingerprint density at radius 2 is 1.54 bits per heavy atom. The highest BCUT2D eigenvalue weighted by Crippen LogP contribution is 2.28. The fourth-order valence-electron chi connectivity index (χ4n) is 3.05. The Morgan fingerprint density at radius 1 is 0.917 bits per heavy atom. The van der Waals surface area contributed by atoms with Gasteiger partial charge in [0.25, 0.3) is 0 Å². The summed E-state index contributed by atoms with van der Waals surface area (Å²) in [5.74, 6) is 0. The molecule has 0 atom stereocenters. The predicted molar refractivity (Wildman–Crippen MR) is 101 cm³/mol. The molecule has 1 aliphatic rings. The second-order valence-corrected chi connectivity index (χ2v) is 8.85. The molecule has 1 aliphatic heterocycles. The van der Waals surface area contributed by atoms with E-state index in [1.54, 1.807) is 10.4 Å². The number of benzene rings is 2. The van der Waals surface area contributed by atoms with Crippen molar-refractivity contribution < 1.29 is 8.42 Å². The van der Waals surface area contributed by atoms with Gasteiger partial charge in [-0.3, -0.25) is 0 Å². The summed E-state index contributed by atoms with van der Waals surface area (Å²) in [5, 5.41) is 0. The van der Waals surface area contributed by atoms with Crippen LogP contribution in [-0.4, -0.2) is 38.9 Å². The molecule has 0 aromatic heterocycles. The largest absolute Gasteiger partial charge is 0.369 e. The minimum Gasteiger partial charge on any atom is -0.369 e. The van der Waals surface area contributed by atoms with Crippen LogP contribution in [0.4, 0.5) is 5.69 Å². The standard InChI is InChI=1S/C18H21BrN2O2S/c1-14-12-15(2)18(13-17(14)19)24(22,23)21-10-8-20(9-11-21)16-6-4-3-5-7-16/h3-7,12-13H,8-11H2,1-2H3. The third-order valence-electron chi connectivity index (χ3n) is 4.43. The van der Waals surface area contributed by atoms with Gasteiger partial charge in [-0.1, -0.05) is 40.2 Å². The molecule has 6 heteroatoms. The van der Waals surface area contributed by atoms with Crippen LogP contribution in [0, 0.1) is 13.8 Å². The molecule has 0 aliphatic carbocycles. The molecule has 2 aromatic rings. The number of rotatable bonds is 3. The normalized spacial score (nSPS) is 16.4. The summed E-state index contributed by atoms with van der Waals surface area (Å²) in [6.45, 7) is 6.23. The predicted octanol–water partition coefficient (Wildman–Crippen LogP) is 3.58. The maximum absolute atomic E-state index is 13.0. The molecule has 128 valence electrons. The van der Waals surface area contributed by atoms with Crippen LogP contribution in [0.2, 0.25) is 0 Å². The monoisotopic (exact) mass is 408 g/mol. The van der Waals surface area contributed by atoms with E-state index in [0.717, 1.165) is 21.3 Å². The van der Waals surface area contributed by atoms with Crippen LogP contribution in [-0.2, 0) is 10.0 Å². The average molecular weight is 409 g/mol. The average Bonchev–Trinajstić information content (AvgIpc) is 2.59. The number of para-hydroxylation sites is 1. The highest BCUT2D eigenvalue weighted by atomic mass is 79.9. The quantitative estimate of drug-likeness (QED) is 0.778. The molecule has 1 heterocycles. The van der Waals surface area contributed by atoms with Gasteiger partial charge in [-0.15, -0.1) is 0 Å². The lowest BCUT2D eigenvalue weighted by atomic mass is 10.2. The first-order valence-corrected chi connectivity index (χ1v) is 10.2. The Morgan fingerprint density at radius 3 is 2.17 bits per heavy atom. The summed E-state index contributed by atoms with van der Waals surface area (Å²) in [7, 11) is -3.46. The van der Waals surface area contributed by atoms with Crippen LogP contribution in [0.1, 0.15) is 11.1 Å². The smallest absolute Gasteiger partial charge is 0.243 e. The SMILES string of the molecule is Cc1cc(C)c(S(=O)(=O)N2CCN(c3ccccc3)CC2)cc1Br. The Bertz CT molecular complexity index is 830. The van der Waals surface area contributed by atoms with Crippen LogP contribution in [0.15, 0.2) is 51.8 Å². The summed E-state index contributed by atoms with van der Waals surface area (Å²) in [4.78, 5) is 2.62. The summed E-state index contributed by atoms with van der Waals surface area (Å²) in [6, 6.07) is 13.8. The van der Waals surface area contributed by atoms with Crippen molar-refractivity contribution in [1.29, 1.82) is 0 Å². The molecule has 3 rings (SSSR count). The molecule has 4 nitrogen and oxygen atoms in total. The summed E-state index contributed by atoms with van der Waals surface area (Å²) < 4.78 is 28.4. The molecule has 0 spiro atoms. The number of anilines is 1. The number of halogens is 1. The van der Waals surface area contributed by atoms with Gasteiger partial charge in [-0.2, -0.15) is 4.31 Å². The first kappa shape index (κ1) is 17.5. The number of sulfonamides is 1. The van der Waals surface area contributed by atoms with Crippen molar-refractivity contribution in [3.8, 4) is 0 Å². The lowest BCUT2D eigenvalue weighted by Crippen LogP contribution is -2.48. The van der Waals surface area contributed by atoms with Gasteiger partial charge in [0, 0.05) is 36.3 Å². The van der Waals surface area contributed by atoms with Gasteiger partial charge in [0.2, 0.25) is 10.0 Å². The molecule has 1 saturated heterocycles. The topological polar surface area (TPSA) is 40.6 Å². The van der Waals surface area contributed by atoms with E-state index in [1.807, 2.05) is 38.1 Å². The summed E-state index contributed by atoms with van der Waals surface area (Å²) in [6.07, 6.45) is 0. The van der Waals surface area contributed by atoms with Crippen molar-refractivity contribution in [2.45, 2.75) is 18.7 Å². The van der Waals surface area contributed by atoms with E-state index in [2.05, 4.69) is 33.0 Å². The zero-order chi connectivity index (χ0) is 17.3. The number of piperazine rings is 1. The van der Waals surface area contributed by atoms with Gasteiger partial charge >= 0.3 is 0 Å². The van der Waals surface area contributed by atoms with Crippen molar-refractivity contribution in [2.24, 2.45) is 0 Å². The van der Waals surface area contributed by atoms with Gasteiger partial charge in [0.1, 0.15) is 0 Å². The Hall–Kier alpha value is -1.37. The maximum Gasteiger partial charge on any atom is 0.243 e. The van der Waals surface area contributed by atoms with Crippen molar-refractivity contribution in [1.82, 2.24) is 4.31 Å². The van der Waals surface area contributed by atoms with Gasteiger partial charge < -0.3 is 4.90 Å². The molecular weight excluding hydrogens is 388 g/mol. The highest BCUT2D eigenvalue weighted by Gasteiger charge is 2.30. The van der Waals surface area contributed by atoms with E-state index < -0.39 is 10.0 Å². The van der Waals surface area contributed by atoms with Crippen molar-refractivity contribution in [3.63, 3.8) is 0 Å². The van der Waals surface area contributed by atoms with Crippen LogP contribution >= 0.6 is 15.9 Å². The first-order valence-electron chi connectivity index (χ1n) is 7.96. The third-order valence-corrected chi connectivity index (χ3v) is 7.33. The number of hydrogen-bond acceptors (Lipinski definition) is 3. The Balaban J connectivity index is 1.79. The molecule has 0 unspecified atom stereocenters. The lowest BCUT2D eigenvalue weighted by Gasteiger charge is -2.35. The second-order valence-electron chi connectivity index (χ2n) is 6.09. The van der Waals surface area contributed by atoms with Gasteiger partial charge in [-0.25, -0.2) is 8.42 Å². The van der Waals surface area contributed by atoms with E-state index in [0.29, 0.717) is 31.1 Å². The fourth-order valence-corrected chi connectivity index (χ4v) is 5.20. The number of aryl methyl sites for hydroxylation is 2. The Kier molecular flexibility index (Phi) is 4.99. The van der Waals surface area contributed by atoms with E-state index in [4.69, 9.17) is 0 Å². The molecule has 1 fully saturated rings. The molecule has 24 heavy (non-hydrogen) atoms. The van der Waals surface area contributed by atoms with E-state index >= 15 is 0 Å². The van der Waals surface area contributed by atoms with Gasteiger partial charge in [-0.05, 0) is 43.2 Å². The number of hydrogen-bond donors (Lipinski definition) is 0. The molecule has 0 N–H and O–H groups in total. The molecule has 0 radical (unpaired) electrons. The maximum atomic E-state index is 13.0. The summed E-state index contributed by atoms with van der Waals surface area (Å²) >= 11 is 3.45. The fraction of sp³-hybridized carbons (Fsp3) is 0.333. The van der Waals surface area contributed by atoms with Crippen molar-refractivity contribution >= 4 is 31.6 Å². The first-order chi connectivity index (χ1) is 11.4. The molecular formula is C18H21BrN2O2S. The second kappa shape index (κ2) is 6.86. The minimum absolute atomic E-state index is 0.396. The van der Waals surface area contributed by atoms with Crippen molar-refractivity contribution in [3.05, 3.63) is 58.1 Å². The Labute approximate surface area is 152 Å². The van der Waals surface area contributed by atoms with E-state index in [1.165, 1.54) is 0 Å². The molecule has 0 saturated carbocycles. The van der Waals surface area contributed by atoms with Gasteiger partial charge in [0.05, 0.1) is 4.90 Å². The van der Waals surface area contributed by atoms with Crippen LogP contribution in [0.25, 0.3) is 0 Å². The van der Waals surface area contributed by atoms with Crippen LogP contribution in [0.3, 0.4) is 0 Å². The minimum atomic E-state index is -3.46. The van der Waals surface area contributed by atoms with Crippen molar-refractivity contribution in [2.75, 3.05) is 31.1 Å². The number of nitrogens with zero attached hydrogens (tertiary/aromatic N) is 2. The van der Waals surface area contributed by atoms with Gasteiger partial charge in [0.15, 0.2) is 0 Å².